The first-order chi connectivity index (χ1) is 13.8. The number of phenols is 1. The van der Waals surface area contributed by atoms with E-state index in [9.17, 15) is 14.7 Å². The van der Waals surface area contributed by atoms with Crippen LogP contribution in [0.1, 0.15) is 35.6 Å². The van der Waals surface area contributed by atoms with E-state index < -0.39 is 0 Å². The number of phenolic OH excluding ortho intramolecular Hbond substituents is 1. The van der Waals surface area contributed by atoms with E-state index in [0.29, 0.717) is 28.7 Å². The van der Waals surface area contributed by atoms with Gasteiger partial charge in [0.25, 0.3) is 5.22 Å². The number of thiazole rings is 1. The number of carbonyl (C=O) groups excluding carboxylic acids is 2. The molecule has 0 atom stereocenters. The van der Waals surface area contributed by atoms with E-state index in [1.165, 1.54) is 23.5 Å². The highest BCUT2D eigenvalue weighted by molar-refractivity contribution is 7.99. The molecule has 1 aliphatic carbocycles. The van der Waals surface area contributed by atoms with Gasteiger partial charge in [0.15, 0.2) is 10.9 Å². The Bertz CT molecular complexity index is 1070. The van der Waals surface area contributed by atoms with E-state index in [2.05, 4.69) is 34.3 Å². The van der Waals surface area contributed by atoms with Crippen LogP contribution in [0.4, 0.5) is 5.13 Å². The van der Waals surface area contributed by atoms with Gasteiger partial charge in [-0.05, 0) is 36.1 Å². The van der Waals surface area contributed by atoms with Gasteiger partial charge in [-0.25, -0.2) is 4.98 Å². The molecule has 0 aliphatic heterocycles. The Morgan fingerprint density at radius 3 is 2.79 bits per heavy atom. The number of Topliss-reactive ketones (excluding diaryl/α,β-unsaturated/α-hetero) is 1. The summed E-state index contributed by atoms with van der Waals surface area (Å²) in [6.07, 6.45) is 1.24. The van der Waals surface area contributed by atoms with Gasteiger partial charge in [0.1, 0.15) is 11.4 Å². The van der Waals surface area contributed by atoms with Crippen LogP contribution in [-0.4, -0.2) is 37.7 Å². The number of ketones is 1. The first-order valence-corrected chi connectivity index (χ1v) is 10.7. The molecule has 150 valence electrons. The van der Waals surface area contributed by atoms with E-state index >= 15 is 0 Å². The largest absolute Gasteiger partial charge is 0.508 e. The minimum atomic E-state index is -0.266. The van der Waals surface area contributed by atoms with Crippen LogP contribution in [0.25, 0.3) is 11.5 Å². The van der Waals surface area contributed by atoms with Gasteiger partial charge >= 0.3 is 0 Å². The number of nitrogens with one attached hydrogen (secondary N) is 1. The fraction of sp³-hybridized carbons (Fsp3) is 0.316. The van der Waals surface area contributed by atoms with E-state index in [4.69, 9.17) is 4.42 Å². The second-order valence-electron chi connectivity index (χ2n) is 7.49. The van der Waals surface area contributed by atoms with Gasteiger partial charge in [0, 0.05) is 16.9 Å². The first-order valence-electron chi connectivity index (χ1n) is 8.87. The number of fused-ring (bicyclic) bond motifs is 1. The third kappa shape index (κ3) is 4.48. The molecule has 2 aromatic heterocycles. The van der Waals surface area contributed by atoms with E-state index in [1.54, 1.807) is 12.1 Å². The second-order valence-corrected chi connectivity index (χ2v) is 9.50. The number of nitrogens with zero attached hydrogens (tertiary/aromatic N) is 3. The lowest BCUT2D eigenvalue weighted by Gasteiger charge is -2.26. The van der Waals surface area contributed by atoms with E-state index in [1.807, 2.05) is 0 Å². The van der Waals surface area contributed by atoms with Crippen LogP contribution in [-0.2, 0) is 11.2 Å². The maximum Gasteiger partial charge on any atom is 0.277 e. The molecule has 0 saturated carbocycles. The number of hydrogen-bond acceptors (Lipinski definition) is 9. The Labute approximate surface area is 174 Å². The van der Waals surface area contributed by atoms with Gasteiger partial charge in [0.2, 0.25) is 11.8 Å². The Morgan fingerprint density at radius 2 is 2.03 bits per heavy atom. The summed E-state index contributed by atoms with van der Waals surface area (Å²) in [5, 5.41) is 20.6. The number of carbonyl (C=O) groups is 2. The SMILES string of the molecule is CC1(C)CC(=O)c2nc(NC(=O)CSc3nnc(-c4ccc(O)cc4)o3)sc2C1. The molecule has 10 heteroatoms. The van der Waals surface area contributed by atoms with Crippen molar-refractivity contribution in [2.75, 3.05) is 11.1 Å². The minimum absolute atomic E-state index is 0.0231. The molecule has 1 aliphatic rings. The average Bonchev–Trinajstić information content (AvgIpc) is 3.26. The zero-order valence-electron chi connectivity index (χ0n) is 15.8. The molecular weight excluding hydrogens is 412 g/mol. The van der Waals surface area contributed by atoms with Gasteiger partial charge in [0.05, 0.1) is 5.75 Å². The number of thioether (sulfide) groups is 1. The molecule has 0 fully saturated rings. The lowest BCUT2D eigenvalue weighted by Crippen LogP contribution is -2.26. The molecule has 0 bridgehead atoms. The average molecular weight is 431 g/mol. The molecule has 29 heavy (non-hydrogen) atoms. The van der Waals surface area contributed by atoms with Gasteiger partial charge in [-0.15, -0.1) is 21.5 Å². The van der Waals surface area contributed by atoms with Crippen molar-refractivity contribution in [2.24, 2.45) is 5.41 Å². The third-order valence-corrected chi connectivity index (χ3v) is 6.12. The molecule has 1 amide bonds. The lowest BCUT2D eigenvalue weighted by molar-refractivity contribution is -0.113. The fourth-order valence-electron chi connectivity index (χ4n) is 3.03. The number of anilines is 1. The monoisotopic (exact) mass is 430 g/mol. The van der Waals surface area contributed by atoms with Crippen LogP contribution in [0.5, 0.6) is 5.75 Å². The van der Waals surface area contributed by atoms with Crippen molar-refractivity contribution in [3.05, 3.63) is 34.8 Å². The topological polar surface area (TPSA) is 118 Å². The number of rotatable bonds is 5. The summed E-state index contributed by atoms with van der Waals surface area (Å²) in [4.78, 5) is 29.7. The number of benzene rings is 1. The molecule has 3 aromatic rings. The van der Waals surface area contributed by atoms with Crippen LogP contribution < -0.4 is 5.32 Å². The van der Waals surface area contributed by atoms with Gasteiger partial charge in [-0.3, -0.25) is 9.59 Å². The maximum atomic E-state index is 12.3. The maximum absolute atomic E-state index is 12.3. The summed E-state index contributed by atoms with van der Waals surface area (Å²) in [6.45, 7) is 4.11. The lowest BCUT2D eigenvalue weighted by atomic mass is 9.78. The van der Waals surface area contributed by atoms with E-state index in [-0.39, 0.29) is 33.8 Å². The van der Waals surface area contributed by atoms with E-state index in [0.717, 1.165) is 23.1 Å². The van der Waals surface area contributed by atoms with Gasteiger partial charge in [-0.2, -0.15) is 0 Å². The highest BCUT2D eigenvalue weighted by Gasteiger charge is 2.34. The van der Waals surface area contributed by atoms with Crippen LogP contribution in [0.2, 0.25) is 0 Å². The Kier molecular flexibility index (Phi) is 5.13. The van der Waals surface area contributed by atoms with Crippen molar-refractivity contribution in [2.45, 2.75) is 31.9 Å². The van der Waals surface area contributed by atoms with Crippen LogP contribution in [0.15, 0.2) is 33.9 Å². The molecule has 8 nitrogen and oxygen atoms in total. The number of aromatic nitrogens is 3. The Hall–Kier alpha value is -2.72. The molecule has 2 N–H and O–H groups in total. The van der Waals surface area contributed by atoms with Gasteiger partial charge in [-0.1, -0.05) is 25.6 Å². The summed E-state index contributed by atoms with van der Waals surface area (Å²) in [6, 6.07) is 6.38. The summed E-state index contributed by atoms with van der Waals surface area (Å²) in [5.41, 5.74) is 1.07. The van der Waals surface area contributed by atoms with Crippen LogP contribution in [0, 0.1) is 5.41 Å². The number of aromatic hydroxyl groups is 1. The molecule has 0 radical (unpaired) electrons. The molecular formula is C19H18N4O4S2. The minimum Gasteiger partial charge on any atom is -0.508 e. The molecule has 1 aromatic carbocycles. The van der Waals surface area contributed by atoms with Crippen molar-refractivity contribution in [1.82, 2.24) is 15.2 Å². The number of hydrogen-bond donors (Lipinski definition) is 2. The Balaban J connectivity index is 1.35. The second kappa shape index (κ2) is 7.60. The van der Waals surface area contributed by atoms with Gasteiger partial charge < -0.3 is 14.8 Å². The zero-order valence-corrected chi connectivity index (χ0v) is 17.4. The number of amides is 1. The highest BCUT2D eigenvalue weighted by atomic mass is 32.2. The fourth-order valence-corrected chi connectivity index (χ4v) is 4.85. The Morgan fingerprint density at radius 1 is 1.28 bits per heavy atom. The predicted molar refractivity (Wildman–Crippen MR) is 109 cm³/mol. The molecule has 4 rings (SSSR count). The van der Waals surface area contributed by atoms with Crippen LogP contribution in [0.3, 0.4) is 0 Å². The molecule has 0 unspecified atom stereocenters. The molecule has 2 heterocycles. The normalized spacial score (nSPS) is 15.2. The smallest absolute Gasteiger partial charge is 0.277 e. The van der Waals surface area contributed by atoms with Crippen molar-refractivity contribution in [3.8, 4) is 17.2 Å². The van der Waals surface area contributed by atoms with Crippen molar-refractivity contribution < 1.29 is 19.1 Å². The summed E-state index contributed by atoms with van der Waals surface area (Å²) in [7, 11) is 0. The van der Waals surface area contributed by atoms with Crippen LogP contribution >= 0.6 is 23.1 Å². The standard InChI is InChI=1S/C19H18N4O4S2/c1-19(2)7-12(25)15-13(8-19)29-17(21-15)20-14(26)9-28-18-23-22-16(27-18)10-3-5-11(24)6-4-10/h3-6,24H,7-9H2,1-2H3,(H,20,21,26). The third-order valence-electron chi connectivity index (χ3n) is 4.33. The molecule has 0 saturated heterocycles. The first kappa shape index (κ1) is 19.6. The summed E-state index contributed by atoms with van der Waals surface area (Å²) < 4.78 is 5.53. The highest BCUT2D eigenvalue weighted by Crippen LogP contribution is 2.38. The predicted octanol–water partition coefficient (Wildman–Crippen LogP) is 3.78. The summed E-state index contributed by atoms with van der Waals surface area (Å²) >= 11 is 2.46. The zero-order chi connectivity index (χ0) is 20.6. The quantitative estimate of drug-likeness (QED) is 0.587. The van der Waals surface area contributed by atoms with Crippen molar-refractivity contribution in [1.29, 1.82) is 0 Å². The van der Waals surface area contributed by atoms with Crippen molar-refractivity contribution >= 4 is 39.9 Å². The molecule has 0 spiro atoms. The van der Waals surface area contributed by atoms with Crippen molar-refractivity contribution in [3.63, 3.8) is 0 Å². The summed E-state index contributed by atoms with van der Waals surface area (Å²) in [5.74, 6) is 0.281.